The van der Waals surface area contributed by atoms with Gasteiger partial charge in [0.1, 0.15) is 10.6 Å². The van der Waals surface area contributed by atoms with Crippen LogP contribution in [0.5, 0.6) is 0 Å². The maximum absolute atomic E-state index is 12.8. The predicted octanol–water partition coefficient (Wildman–Crippen LogP) is 3.92. The lowest BCUT2D eigenvalue weighted by Crippen LogP contribution is -2.16. The molecule has 0 amide bonds. The third kappa shape index (κ3) is 2.26. The molecule has 0 aromatic heterocycles. The van der Waals surface area contributed by atoms with E-state index in [4.69, 9.17) is 23.2 Å². The summed E-state index contributed by atoms with van der Waals surface area (Å²) in [5.41, 5.74) is -2.20. The summed E-state index contributed by atoms with van der Waals surface area (Å²) < 4.78 is 36.9. The number of carbonyl (C=O) groups excluding carboxylic acids is 1. The Labute approximate surface area is 131 Å². The van der Waals surface area contributed by atoms with Crippen molar-refractivity contribution in [2.75, 3.05) is 6.61 Å². The molecule has 1 fully saturated rings. The zero-order valence-electron chi connectivity index (χ0n) is 9.72. The lowest BCUT2D eigenvalue weighted by molar-refractivity contribution is -0.137. The second kappa shape index (κ2) is 4.87. The number of aliphatic hydroxyl groups excluding tert-OH is 1. The van der Waals surface area contributed by atoms with E-state index in [-0.39, 0.29) is 10.0 Å². The van der Waals surface area contributed by atoms with E-state index >= 15 is 0 Å². The van der Waals surface area contributed by atoms with Gasteiger partial charge in [0.15, 0.2) is 0 Å². The monoisotopic (exact) mass is 390 g/mol. The first-order valence-electron chi connectivity index (χ1n) is 5.43. The van der Waals surface area contributed by atoms with Crippen LogP contribution in [0.4, 0.5) is 13.2 Å². The van der Waals surface area contributed by atoms with Gasteiger partial charge in [-0.1, -0.05) is 39.1 Å². The molecule has 0 heterocycles. The first kappa shape index (κ1) is 16.1. The van der Waals surface area contributed by atoms with Gasteiger partial charge in [-0.05, 0) is 23.8 Å². The number of aliphatic hydroxyl groups is 1. The Kier molecular flexibility index (Phi) is 3.91. The summed E-state index contributed by atoms with van der Waals surface area (Å²) in [5, 5.41) is 9.29. The number of halogens is 6. The molecule has 0 spiro atoms. The van der Waals surface area contributed by atoms with Crippen LogP contribution in [0.2, 0.25) is 0 Å². The van der Waals surface area contributed by atoms with Gasteiger partial charge in [-0.15, -0.1) is 0 Å². The summed E-state index contributed by atoms with van der Waals surface area (Å²) in [6.45, 7) is -0.637. The quantitative estimate of drug-likeness (QED) is 0.626. The Hall–Kier alpha value is -0.300. The van der Waals surface area contributed by atoms with Crippen molar-refractivity contribution < 1.29 is 23.1 Å². The van der Waals surface area contributed by atoms with E-state index in [1.165, 1.54) is 6.07 Å². The van der Waals surface area contributed by atoms with E-state index in [0.29, 0.717) is 6.29 Å². The number of alkyl halides is 5. The Bertz CT molecular complexity index is 562. The lowest BCUT2D eigenvalue weighted by atomic mass is 9.99. The fourth-order valence-electron chi connectivity index (χ4n) is 2.31. The van der Waals surface area contributed by atoms with E-state index in [1.807, 2.05) is 0 Å². The van der Waals surface area contributed by atoms with Crippen molar-refractivity contribution in [1.29, 1.82) is 0 Å². The Morgan fingerprint density at radius 3 is 2.35 bits per heavy atom. The molecule has 1 aromatic carbocycles. The third-order valence-corrected chi connectivity index (χ3v) is 5.07. The van der Waals surface area contributed by atoms with Gasteiger partial charge in [-0.2, -0.15) is 13.2 Å². The third-order valence-electron chi connectivity index (χ3n) is 3.47. The lowest BCUT2D eigenvalue weighted by Gasteiger charge is -2.11. The number of benzene rings is 1. The van der Waals surface area contributed by atoms with Crippen molar-refractivity contribution in [2.45, 2.75) is 16.4 Å². The molecule has 1 aliphatic carbocycles. The fraction of sp³-hybridized carbons (Fsp3) is 0.417. The van der Waals surface area contributed by atoms with Crippen LogP contribution in [-0.2, 0) is 11.0 Å². The molecule has 0 saturated heterocycles. The molecule has 2 nitrogen and oxygen atoms in total. The molecule has 1 aliphatic rings. The highest BCUT2D eigenvalue weighted by Crippen LogP contribution is 2.73. The van der Waals surface area contributed by atoms with Gasteiger partial charge in [-0.3, -0.25) is 0 Å². The number of carbonyl (C=O) groups is 1. The normalized spacial score (nSPS) is 28.2. The number of rotatable bonds is 3. The summed E-state index contributed by atoms with van der Waals surface area (Å²) in [6, 6.07) is 3.20. The van der Waals surface area contributed by atoms with Crippen LogP contribution in [0.3, 0.4) is 0 Å². The maximum Gasteiger partial charge on any atom is 0.416 e. The SMILES string of the molecule is O=CC1(CO)C(c2cc(Br)cc(C(F)(F)F)c2)C1(Cl)Cl. The van der Waals surface area contributed by atoms with Crippen LogP contribution >= 0.6 is 39.1 Å². The predicted molar refractivity (Wildman–Crippen MR) is 71.9 cm³/mol. The minimum Gasteiger partial charge on any atom is -0.395 e. The zero-order chi connectivity index (χ0) is 15.3. The molecule has 1 saturated carbocycles. The zero-order valence-corrected chi connectivity index (χ0v) is 12.8. The average molecular weight is 392 g/mol. The van der Waals surface area contributed by atoms with Crippen LogP contribution in [0.15, 0.2) is 22.7 Å². The number of hydrogen-bond acceptors (Lipinski definition) is 2. The Balaban J connectivity index is 2.51. The van der Waals surface area contributed by atoms with Crippen molar-refractivity contribution in [2.24, 2.45) is 5.41 Å². The van der Waals surface area contributed by atoms with Crippen molar-refractivity contribution in [3.63, 3.8) is 0 Å². The van der Waals surface area contributed by atoms with E-state index < -0.39 is 34.0 Å². The van der Waals surface area contributed by atoms with Crippen LogP contribution in [-0.4, -0.2) is 22.3 Å². The highest BCUT2D eigenvalue weighted by Gasteiger charge is 2.76. The largest absolute Gasteiger partial charge is 0.416 e. The summed E-state index contributed by atoms with van der Waals surface area (Å²) in [6.07, 6.45) is -4.14. The van der Waals surface area contributed by atoms with E-state index in [2.05, 4.69) is 15.9 Å². The molecule has 1 N–H and O–H groups in total. The average Bonchev–Trinajstić information content (AvgIpc) is 2.84. The van der Waals surface area contributed by atoms with Gasteiger partial charge >= 0.3 is 6.18 Å². The van der Waals surface area contributed by atoms with Gasteiger partial charge in [-0.25, -0.2) is 0 Å². The van der Waals surface area contributed by atoms with Gasteiger partial charge < -0.3 is 9.90 Å². The fourth-order valence-corrected chi connectivity index (χ4v) is 3.78. The second-order valence-electron chi connectivity index (χ2n) is 4.64. The van der Waals surface area contributed by atoms with Crippen LogP contribution < -0.4 is 0 Å². The van der Waals surface area contributed by atoms with Gasteiger partial charge in [0.25, 0.3) is 0 Å². The molecule has 20 heavy (non-hydrogen) atoms. The first-order valence-corrected chi connectivity index (χ1v) is 6.98. The minimum atomic E-state index is -4.53. The van der Waals surface area contributed by atoms with Gasteiger partial charge in [0.2, 0.25) is 0 Å². The molecule has 8 heteroatoms. The van der Waals surface area contributed by atoms with Crippen LogP contribution in [0.1, 0.15) is 17.0 Å². The molecule has 0 bridgehead atoms. The van der Waals surface area contributed by atoms with Crippen molar-refractivity contribution in [3.8, 4) is 0 Å². The molecule has 110 valence electrons. The van der Waals surface area contributed by atoms with Crippen molar-refractivity contribution in [1.82, 2.24) is 0 Å². The number of aldehydes is 1. The smallest absolute Gasteiger partial charge is 0.395 e. The standard InChI is InChI=1S/C12H8BrCl2F3O2/c13-8-2-6(1-7(3-8)12(16,17)18)9-10(4-19,5-20)11(9,14)15/h1-4,9,20H,5H2. The molecule has 2 rings (SSSR count). The molecule has 2 atom stereocenters. The molecule has 1 aromatic rings. The second-order valence-corrected chi connectivity index (χ2v) is 6.94. The first-order chi connectivity index (χ1) is 9.10. The summed E-state index contributed by atoms with van der Waals surface area (Å²) in [5.74, 6) is -0.889. The van der Waals surface area contributed by atoms with E-state index in [0.717, 1.165) is 12.1 Å². The number of hydrogen-bond donors (Lipinski definition) is 1. The molecule has 0 radical (unpaired) electrons. The molecule has 2 unspecified atom stereocenters. The van der Waals surface area contributed by atoms with Crippen molar-refractivity contribution >= 4 is 45.4 Å². The summed E-state index contributed by atoms with van der Waals surface area (Å²) >= 11 is 14.9. The topological polar surface area (TPSA) is 37.3 Å². The van der Waals surface area contributed by atoms with Gasteiger partial charge in [0, 0.05) is 10.4 Å². The van der Waals surface area contributed by atoms with Crippen LogP contribution in [0.25, 0.3) is 0 Å². The Morgan fingerprint density at radius 1 is 1.35 bits per heavy atom. The van der Waals surface area contributed by atoms with Crippen molar-refractivity contribution in [3.05, 3.63) is 33.8 Å². The molecular weight excluding hydrogens is 384 g/mol. The Morgan fingerprint density at radius 2 is 1.95 bits per heavy atom. The summed E-state index contributed by atoms with van der Waals surface area (Å²) in [7, 11) is 0. The van der Waals surface area contributed by atoms with E-state index in [9.17, 15) is 23.1 Å². The minimum absolute atomic E-state index is 0.151. The van der Waals surface area contributed by atoms with E-state index in [1.54, 1.807) is 0 Å². The van der Waals surface area contributed by atoms with Gasteiger partial charge in [0.05, 0.1) is 17.6 Å². The molecular formula is C12H8BrCl2F3O2. The summed E-state index contributed by atoms with van der Waals surface area (Å²) in [4.78, 5) is 11.1. The van der Waals surface area contributed by atoms with Crippen LogP contribution in [0, 0.1) is 5.41 Å². The maximum atomic E-state index is 12.8. The highest BCUT2D eigenvalue weighted by atomic mass is 79.9. The highest BCUT2D eigenvalue weighted by molar-refractivity contribution is 9.10. The molecule has 0 aliphatic heterocycles.